The Hall–Kier alpha value is -1.65. The second kappa shape index (κ2) is 4.55. The molecule has 0 saturated carbocycles. The molecule has 0 bridgehead atoms. The lowest BCUT2D eigenvalue weighted by molar-refractivity contribution is -0.151. The number of rotatable bonds is 3. The molecular weight excluding hydrogens is 186 g/mol. The minimum absolute atomic E-state index is 0.204. The Kier molecular flexibility index (Phi) is 3.39. The van der Waals surface area contributed by atoms with Gasteiger partial charge in [-0.25, -0.2) is 4.79 Å². The third-order valence-corrected chi connectivity index (χ3v) is 1.88. The second-order valence-electron chi connectivity index (χ2n) is 2.85. The summed E-state index contributed by atoms with van der Waals surface area (Å²) in [4.78, 5) is 34.1. The van der Waals surface area contributed by atoms with Gasteiger partial charge in [0.1, 0.15) is 0 Å². The summed E-state index contributed by atoms with van der Waals surface area (Å²) >= 11 is 0. The van der Waals surface area contributed by atoms with Gasteiger partial charge in [0, 0.05) is 19.0 Å². The zero-order valence-corrected chi connectivity index (χ0v) is 7.69. The van der Waals surface area contributed by atoms with E-state index in [-0.39, 0.29) is 5.91 Å². The molecule has 0 aliphatic carbocycles. The highest BCUT2D eigenvalue weighted by Crippen LogP contribution is 2.09. The van der Waals surface area contributed by atoms with Crippen molar-refractivity contribution in [1.82, 2.24) is 4.90 Å². The minimum Gasteiger partial charge on any atom is -0.452 e. The van der Waals surface area contributed by atoms with Crippen molar-refractivity contribution >= 4 is 17.8 Å². The number of hydrogen-bond donors (Lipinski definition) is 0. The van der Waals surface area contributed by atoms with Crippen molar-refractivity contribution in [1.29, 1.82) is 0 Å². The standard InChI is InChI=1S/C9H11NO4/c1-2-9(13)14-6-8(12)10-5-3-4-7(10)11/h2H,1,3-6H2. The van der Waals surface area contributed by atoms with Crippen LogP contribution in [0.25, 0.3) is 0 Å². The van der Waals surface area contributed by atoms with Crippen molar-refractivity contribution < 1.29 is 19.1 Å². The molecule has 0 aromatic carbocycles. The average Bonchev–Trinajstić information content (AvgIpc) is 2.60. The van der Waals surface area contributed by atoms with Crippen molar-refractivity contribution in [2.75, 3.05) is 13.2 Å². The van der Waals surface area contributed by atoms with Gasteiger partial charge in [-0.1, -0.05) is 6.58 Å². The van der Waals surface area contributed by atoms with Crippen molar-refractivity contribution in [3.05, 3.63) is 12.7 Å². The van der Waals surface area contributed by atoms with Crippen LogP contribution in [0, 0.1) is 0 Å². The maximum absolute atomic E-state index is 11.3. The molecule has 1 saturated heterocycles. The lowest BCUT2D eigenvalue weighted by Gasteiger charge is -2.12. The van der Waals surface area contributed by atoms with Crippen molar-refractivity contribution in [3.63, 3.8) is 0 Å². The summed E-state index contributed by atoms with van der Waals surface area (Å²) in [7, 11) is 0. The maximum atomic E-state index is 11.3. The number of carbonyl (C=O) groups is 3. The normalized spacial score (nSPS) is 15.4. The van der Waals surface area contributed by atoms with Crippen LogP contribution < -0.4 is 0 Å². The number of esters is 1. The van der Waals surface area contributed by atoms with Crippen LogP contribution in [0.3, 0.4) is 0 Å². The van der Waals surface area contributed by atoms with Crippen LogP contribution in [0.2, 0.25) is 0 Å². The molecule has 5 nitrogen and oxygen atoms in total. The van der Waals surface area contributed by atoms with E-state index in [2.05, 4.69) is 11.3 Å². The Morgan fingerprint density at radius 1 is 1.57 bits per heavy atom. The van der Waals surface area contributed by atoms with E-state index in [1.54, 1.807) is 0 Å². The predicted octanol–water partition coefficient (Wildman–Crippen LogP) is -0.135. The maximum Gasteiger partial charge on any atom is 0.330 e. The van der Waals surface area contributed by atoms with E-state index in [1.807, 2.05) is 0 Å². The molecule has 5 heteroatoms. The molecule has 1 heterocycles. The number of hydrogen-bond acceptors (Lipinski definition) is 4. The first-order valence-electron chi connectivity index (χ1n) is 4.27. The molecule has 0 unspecified atom stereocenters. The lowest BCUT2D eigenvalue weighted by Crippen LogP contribution is -2.35. The highest BCUT2D eigenvalue weighted by molar-refractivity contribution is 5.98. The fraction of sp³-hybridized carbons (Fsp3) is 0.444. The van der Waals surface area contributed by atoms with Gasteiger partial charge in [-0.2, -0.15) is 0 Å². The minimum atomic E-state index is -0.662. The fourth-order valence-electron chi connectivity index (χ4n) is 1.18. The van der Waals surface area contributed by atoms with Crippen molar-refractivity contribution in [2.24, 2.45) is 0 Å². The molecule has 2 amide bonds. The summed E-state index contributed by atoms with van der Waals surface area (Å²) in [6.45, 7) is 3.21. The Morgan fingerprint density at radius 2 is 2.29 bits per heavy atom. The van der Waals surface area contributed by atoms with Crippen LogP contribution in [-0.2, 0) is 19.1 Å². The fourth-order valence-corrected chi connectivity index (χ4v) is 1.18. The van der Waals surface area contributed by atoms with Crippen molar-refractivity contribution in [2.45, 2.75) is 12.8 Å². The highest BCUT2D eigenvalue weighted by Gasteiger charge is 2.26. The summed E-state index contributed by atoms with van der Waals surface area (Å²) in [5.74, 6) is -1.34. The van der Waals surface area contributed by atoms with Gasteiger partial charge < -0.3 is 4.74 Å². The van der Waals surface area contributed by atoms with Gasteiger partial charge in [0.15, 0.2) is 6.61 Å². The first-order valence-corrected chi connectivity index (χ1v) is 4.27. The van der Waals surface area contributed by atoms with E-state index >= 15 is 0 Å². The number of nitrogens with zero attached hydrogens (tertiary/aromatic N) is 1. The molecule has 1 aliphatic heterocycles. The molecule has 1 fully saturated rings. The van der Waals surface area contributed by atoms with Crippen LogP contribution in [0.1, 0.15) is 12.8 Å². The van der Waals surface area contributed by atoms with E-state index in [0.29, 0.717) is 19.4 Å². The molecule has 76 valence electrons. The van der Waals surface area contributed by atoms with E-state index in [0.717, 1.165) is 11.0 Å². The molecule has 1 aliphatic rings. The predicted molar refractivity (Wildman–Crippen MR) is 47.1 cm³/mol. The number of imide groups is 1. The Bertz CT molecular complexity index is 285. The number of amides is 2. The molecule has 1 rings (SSSR count). The van der Waals surface area contributed by atoms with Crippen molar-refractivity contribution in [3.8, 4) is 0 Å². The average molecular weight is 197 g/mol. The molecule has 0 aromatic heterocycles. The van der Waals surface area contributed by atoms with Crippen LogP contribution in [0.4, 0.5) is 0 Å². The van der Waals surface area contributed by atoms with E-state index in [4.69, 9.17) is 0 Å². The van der Waals surface area contributed by atoms with Gasteiger partial charge >= 0.3 is 5.97 Å². The molecule has 0 N–H and O–H groups in total. The summed E-state index contributed by atoms with van der Waals surface area (Å²) in [5.41, 5.74) is 0. The Labute approximate surface area is 81.3 Å². The largest absolute Gasteiger partial charge is 0.452 e. The Balaban J connectivity index is 2.38. The second-order valence-corrected chi connectivity index (χ2v) is 2.85. The summed E-state index contributed by atoms with van der Waals surface area (Å²) in [6.07, 6.45) is 2.04. The highest BCUT2D eigenvalue weighted by atomic mass is 16.5. The Morgan fingerprint density at radius 3 is 2.79 bits per heavy atom. The number of likely N-dealkylation sites (tertiary alicyclic amines) is 1. The van der Waals surface area contributed by atoms with Crippen LogP contribution in [-0.4, -0.2) is 35.8 Å². The summed E-state index contributed by atoms with van der Waals surface area (Å²) in [6, 6.07) is 0. The van der Waals surface area contributed by atoms with Gasteiger partial charge in [-0.3, -0.25) is 14.5 Å². The third kappa shape index (κ3) is 2.42. The third-order valence-electron chi connectivity index (χ3n) is 1.88. The summed E-state index contributed by atoms with van der Waals surface area (Å²) in [5, 5.41) is 0. The quantitative estimate of drug-likeness (QED) is 0.467. The first-order chi connectivity index (χ1) is 6.65. The zero-order chi connectivity index (χ0) is 10.6. The van der Waals surface area contributed by atoms with Gasteiger partial charge in [-0.15, -0.1) is 0 Å². The molecule has 0 atom stereocenters. The molecule has 0 spiro atoms. The van der Waals surface area contributed by atoms with E-state index < -0.39 is 18.5 Å². The van der Waals surface area contributed by atoms with Gasteiger partial charge in [0.25, 0.3) is 5.91 Å². The van der Waals surface area contributed by atoms with Gasteiger partial charge in [0.05, 0.1) is 0 Å². The molecule has 0 radical (unpaired) electrons. The number of ether oxygens (including phenoxy) is 1. The SMILES string of the molecule is C=CC(=O)OCC(=O)N1CCCC1=O. The van der Waals surface area contributed by atoms with E-state index in [9.17, 15) is 14.4 Å². The topological polar surface area (TPSA) is 63.7 Å². The monoisotopic (exact) mass is 197 g/mol. The molecular formula is C9H11NO4. The van der Waals surface area contributed by atoms with E-state index in [1.165, 1.54) is 0 Å². The summed E-state index contributed by atoms with van der Waals surface area (Å²) < 4.78 is 4.51. The van der Waals surface area contributed by atoms with Gasteiger partial charge in [-0.05, 0) is 6.42 Å². The smallest absolute Gasteiger partial charge is 0.330 e. The van der Waals surface area contributed by atoms with Crippen LogP contribution in [0.5, 0.6) is 0 Å². The first kappa shape index (κ1) is 10.4. The van der Waals surface area contributed by atoms with Gasteiger partial charge in [0.2, 0.25) is 5.91 Å². The van der Waals surface area contributed by atoms with Crippen LogP contribution >= 0.6 is 0 Å². The van der Waals surface area contributed by atoms with Crippen LogP contribution in [0.15, 0.2) is 12.7 Å². The number of carbonyl (C=O) groups excluding carboxylic acids is 3. The lowest BCUT2D eigenvalue weighted by atomic mass is 10.4. The zero-order valence-electron chi connectivity index (χ0n) is 7.69. The molecule has 14 heavy (non-hydrogen) atoms. The molecule has 0 aromatic rings.